The SMILES string of the molecule is COCc1cccc(NCc2ccc(S(N)(=O)=O)o2)c1. The molecule has 20 heavy (non-hydrogen) atoms. The first kappa shape index (κ1) is 14.6. The van der Waals surface area contributed by atoms with Crippen LogP contribution in [-0.2, 0) is 27.9 Å². The zero-order chi connectivity index (χ0) is 14.6. The third-order valence-electron chi connectivity index (χ3n) is 2.62. The molecule has 0 saturated heterocycles. The third-order valence-corrected chi connectivity index (χ3v) is 3.40. The summed E-state index contributed by atoms with van der Waals surface area (Å²) in [6.07, 6.45) is 0. The Labute approximate surface area is 117 Å². The highest BCUT2D eigenvalue weighted by molar-refractivity contribution is 7.89. The Morgan fingerprint density at radius 3 is 2.75 bits per heavy atom. The molecular formula is C13H16N2O4S. The number of nitrogens with one attached hydrogen (secondary N) is 1. The second-order valence-corrected chi connectivity index (χ2v) is 5.75. The summed E-state index contributed by atoms with van der Waals surface area (Å²) < 4.78 is 32.4. The molecule has 0 aliphatic heterocycles. The lowest BCUT2D eigenvalue weighted by atomic mass is 10.2. The molecule has 0 atom stereocenters. The van der Waals surface area contributed by atoms with Gasteiger partial charge in [-0.1, -0.05) is 12.1 Å². The predicted octanol–water partition coefficient (Wildman–Crippen LogP) is 1.69. The van der Waals surface area contributed by atoms with E-state index in [2.05, 4.69) is 5.32 Å². The monoisotopic (exact) mass is 296 g/mol. The lowest BCUT2D eigenvalue weighted by molar-refractivity contribution is 0.185. The molecule has 2 aromatic rings. The van der Waals surface area contributed by atoms with Crippen LogP contribution in [0, 0.1) is 0 Å². The number of methoxy groups -OCH3 is 1. The first-order valence-electron chi connectivity index (χ1n) is 5.92. The number of primary sulfonamides is 1. The van der Waals surface area contributed by atoms with Crippen molar-refractivity contribution in [1.29, 1.82) is 0 Å². The topological polar surface area (TPSA) is 94.6 Å². The van der Waals surface area contributed by atoms with Crippen LogP contribution in [0.4, 0.5) is 5.69 Å². The van der Waals surface area contributed by atoms with Gasteiger partial charge < -0.3 is 14.5 Å². The zero-order valence-corrected chi connectivity index (χ0v) is 11.8. The van der Waals surface area contributed by atoms with Crippen molar-refractivity contribution in [1.82, 2.24) is 0 Å². The highest BCUT2D eigenvalue weighted by Crippen LogP contribution is 2.16. The quantitative estimate of drug-likeness (QED) is 0.845. The highest BCUT2D eigenvalue weighted by atomic mass is 32.2. The van der Waals surface area contributed by atoms with Gasteiger partial charge in [0.1, 0.15) is 5.76 Å². The van der Waals surface area contributed by atoms with E-state index >= 15 is 0 Å². The van der Waals surface area contributed by atoms with Crippen LogP contribution in [0.25, 0.3) is 0 Å². The Balaban J connectivity index is 2.02. The van der Waals surface area contributed by atoms with E-state index in [1.807, 2.05) is 24.3 Å². The molecule has 0 amide bonds. The molecule has 0 aliphatic rings. The average molecular weight is 296 g/mol. The fourth-order valence-corrected chi connectivity index (χ4v) is 2.21. The molecule has 1 heterocycles. The minimum Gasteiger partial charge on any atom is -0.446 e. The van der Waals surface area contributed by atoms with Gasteiger partial charge >= 0.3 is 0 Å². The Kier molecular flexibility index (Phi) is 4.43. The van der Waals surface area contributed by atoms with E-state index in [0.29, 0.717) is 18.9 Å². The van der Waals surface area contributed by atoms with Crippen LogP contribution in [0.15, 0.2) is 45.9 Å². The Hall–Kier alpha value is -1.83. The molecule has 0 radical (unpaired) electrons. The van der Waals surface area contributed by atoms with E-state index in [9.17, 15) is 8.42 Å². The Morgan fingerprint density at radius 1 is 1.30 bits per heavy atom. The molecule has 7 heteroatoms. The second kappa shape index (κ2) is 6.08. The van der Waals surface area contributed by atoms with Gasteiger partial charge in [-0.25, -0.2) is 13.6 Å². The fraction of sp³-hybridized carbons (Fsp3) is 0.231. The van der Waals surface area contributed by atoms with Gasteiger partial charge in [-0.3, -0.25) is 0 Å². The summed E-state index contributed by atoms with van der Waals surface area (Å²) in [5, 5.41) is 7.88. The highest BCUT2D eigenvalue weighted by Gasteiger charge is 2.12. The molecule has 3 N–H and O–H groups in total. The molecule has 108 valence electrons. The molecule has 6 nitrogen and oxygen atoms in total. The summed E-state index contributed by atoms with van der Waals surface area (Å²) in [6.45, 7) is 0.901. The van der Waals surface area contributed by atoms with Crippen molar-refractivity contribution in [3.63, 3.8) is 0 Å². The van der Waals surface area contributed by atoms with E-state index in [1.54, 1.807) is 13.2 Å². The van der Waals surface area contributed by atoms with Gasteiger partial charge in [-0.15, -0.1) is 0 Å². The number of nitrogens with two attached hydrogens (primary N) is 1. The maximum atomic E-state index is 11.1. The zero-order valence-electron chi connectivity index (χ0n) is 11.0. The summed E-state index contributed by atoms with van der Waals surface area (Å²) in [6, 6.07) is 10.6. The maximum absolute atomic E-state index is 11.1. The van der Waals surface area contributed by atoms with E-state index < -0.39 is 10.0 Å². The van der Waals surface area contributed by atoms with Crippen LogP contribution >= 0.6 is 0 Å². The van der Waals surface area contributed by atoms with Crippen molar-refractivity contribution in [3.05, 3.63) is 47.7 Å². The van der Waals surface area contributed by atoms with Crippen LogP contribution in [0.1, 0.15) is 11.3 Å². The van der Waals surface area contributed by atoms with Gasteiger partial charge in [0.15, 0.2) is 0 Å². The van der Waals surface area contributed by atoms with Crippen molar-refractivity contribution in [3.8, 4) is 0 Å². The maximum Gasteiger partial charge on any atom is 0.271 e. The van der Waals surface area contributed by atoms with Gasteiger partial charge in [0.25, 0.3) is 10.0 Å². The van der Waals surface area contributed by atoms with Gasteiger partial charge in [0.05, 0.1) is 13.2 Å². The van der Waals surface area contributed by atoms with Gasteiger partial charge in [-0.05, 0) is 29.8 Å². The molecular weight excluding hydrogens is 280 g/mol. The summed E-state index contributed by atoms with van der Waals surface area (Å²) in [4.78, 5) is 0. The number of anilines is 1. The van der Waals surface area contributed by atoms with E-state index in [0.717, 1.165) is 11.3 Å². The molecule has 0 saturated carbocycles. The van der Waals surface area contributed by atoms with Crippen LogP contribution in [0.2, 0.25) is 0 Å². The molecule has 0 unspecified atom stereocenters. The fourth-order valence-electron chi connectivity index (χ4n) is 1.73. The standard InChI is InChI=1S/C13H16N2O4S/c1-18-9-10-3-2-4-11(7-10)15-8-12-5-6-13(19-12)20(14,16)17/h2-7,15H,8-9H2,1H3,(H2,14,16,17). The number of hydrogen-bond donors (Lipinski definition) is 2. The van der Waals surface area contributed by atoms with E-state index in [-0.39, 0.29) is 5.09 Å². The van der Waals surface area contributed by atoms with Gasteiger partial charge in [-0.2, -0.15) is 0 Å². The minimum absolute atomic E-state index is 0.234. The first-order valence-corrected chi connectivity index (χ1v) is 7.47. The van der Waals surface area contributed by atoms with Crippen molar-refractivity contribution in [2.75, 3.05) is 12.4 Å². The average Bonchev–Trinajstić information content (AvgIpc) is 2.86. The Morgan fingerprint density at radius 2 is 2.10 bits per heavy atom. The molecule has 0 bridgehead atoms. The van der Waals surface area contributed by atoms with E-state index in [1.165, 1.54) is 6.07 Å². The number of ether oxygens (including phenoxy) is 1. The summed E-state index contributed by atoms with van der Waals surface area (Å²) in [5.41, 5.74) is 1.94. The third kappa shape index (κ3) is 3.83. The Bertz CT molecular complexity index is 679. The normalized spacial score (nSPS) is 11.5. The van der Waals surface area contributed by atoms with E-state index in [4.69, 9.17) is 14.3 Å². The lowest BCUT2D eigenvalue weighted by Crippen LogP contribution is -2.10. The number of furan rings is 1. The van der Waals surface area contributed by atoms with Crippen LogP contribution in [0.5, 0.6) is 0 Å². The van der Waals surface area contributed by atoms with Crippen molar-refractivity contribution < 1.29 is 17.6 Å². The van der Waals surface area contributed by atoms with Crippen molar-refractivity contribution in [2.24, 2.45) is 5.14 Å². The molecule has 0 fully saturated rings. The number of hydrogen-bond acceptors (Lipinski definition) is 5. The number of benzene rings is 1. The molecule has 0 aliphatic carbocycles. The minimum atomic E-state index is -3.79. The lowest BCUT2D eigenvalue weighted by Gasteiger charge is -2.06. The molecule has 1 aromatic carbocycles. The number of sulfonamides is 1. The summed E-state index contributed by atoms with van der Waals surface area (Å²) in [5.74, 6) is 0.492. The second-order valence-electron chi connectivity index (χ2n) is 4.25. The molecule has 2 rings (SSSR count). The molecule has 0 spiro atoms. The van der Waals surface area contributed by atoms with Crippen molar-refractivity contribution >= 4 is 15.7 Å². The molecule has 1 aromatic heterocycles. The summed E-state index contributed by atoms with van der Waals surface area (Å²) in [7, 11) is -2.15. The van der Waals surface area contributed by atoms with Crippen LogP contribution in [-0.4, -0.2) is 15.5 Å². The van der Waals surface area contributed by atoms with Gasteiger partial charge in [0, 0.05) is 12.8 Å². The van der Waals surface area contributed by atoms with Gasteiger partial charge in [0.2, 0.25) is 5.09 Å². The van der Waals surface area contributed by atoms with Crippen LogP contribution < -0.4 is 10.5 Å². The van der Waals surface area contributed by atoms with Crippen LogP contribution in [0.3, 0.4) is 0 Å². The smallest absolute Gasteiger partial charge is 0.271 e. The first-order chi connectivity index (χ1) is 9.49. The number of rotatable bonds is 6. The largest absolute Gasteiger partial charge is 0.446 e. The predicted molar refractivity (Wildman–Crippen MR) is 74.6 cm³/mol. The van der Waals surface area contributed by atoms with Crippen molar-refractivity contribution in [2.45, 2.75) is 18.2 Å². The summed E-state index contributed by atoms with van der Waals surface area (Å²) >= 11 is 0.